The van der Waals surface area contributed by atoms with Crippen LogP contribution in [0.4, 0.5) is 0 Å². The third-order valence-corrected chi connectivity index (χ3v) is 7.15. The first-order valence-corrected chi connectivity index (χ1v) is 10.6. The number of carbonyl (C=O) groups is 1. The van der Waals surface area contributed by atoms with Gasteiger partial charge in [-0.25, -0.2) is 13.1 Å². The number of nitrogens with zero attached hydrogens (tertiary/aromatic N) is 1. The highest BCUT2D eigenvalue weighted by Gasteiger charge is 2.32. The lowest BCUT2D eigenvalue weighted by Gasteiger charge is -2.21. The van der Waals surface area contributed by atoms with Crippen molar-refractivity contribution >= 4 is 15.9 Å². The minimum absolute atomic E-state index is 0.00651. The second-order valence-corrected chi connectivity index (χ2v) is 9.18. The molecular formula is C18H25N3O3S. The smallest absolute Gasteiger partial charge is 0.253 e. The van der Waals surface area contributed by atoms with Crippen LogP contribution in [0.5, 0.6) is 0 Å². The van der Waals surface area contributed by atoms with Gasteiger partial charge in [-0.3, -0.25) is 4.79 Å². The van der Waals surface area contributed by atoms with Gasteiger partial charge in [-0.1, -0.05) is 0 Å². The predicted octanol–water partition coefficient (Wildman–Crippen LogP) is 1.20. The number of hydrogen-bond donors (Lipinski definition) is 2. The fourth-order valence-corrected chi connectivity index (χ4v) is 5.17. The Labute approximate surface area is 149 Å². The van der Waals surface area contributed by atoms with Gasteiger partial charge in [0.25, 0.3) is 5.91 Å². The van der Waals surface area contributed by atoms with Gasteiger partial charge < -0.3 is 10.2 Å². The molecule has 136 valence electrons. The van der Waals surface area contributed by atoms with Crippen molar-refractivity contribution in [2.24, 2.45) is 11.8 Å². The van der Waals surface area contributed by atoms with Crippen molar-refractivity contribution in [2.75, 3.05) is 26.2 Å². The molecule has 1 aromatic rings. The van der Waals surface area contributed by atoms with Crippen LogP contribution < -0.4 is 10.0 Å². The maximum atomic E-state index is 12.8. The van der Waals surface area contributed by atoms with E-state index in [0.29, 0.717) is 17.4 Å². The van der Waals surface area contributed by atoms with Gasteiger partial charge >= 0.3 is 0 Å². The number of nitrogens with one attached hydrogen (secondary N) is 2. The highest BCUT2D eigenvalue weighted by atomic mass is 32.2. The molecule has 0 bridgehead atoms. The summed E-state index contributed by atoms with van der Waals surface area (Å²) in [5.41, 5.74) is 0.565. The van der Waals surface area contributed by atoms with Crippen molar-refractivity contribution in [3.8, 4) is 0 Å². The van der Waals surface area contributed by atoms with E-state index in [-0.39, 0.29) is 16.8 Å². The molecule has 1 aliphatic carbocycles. The summed E-state index contributed by atoms with van der Waals surface area (Å²) >= 11 is 0. The van der Waals surface area contributed by atoms with Crippen molar-refractivity contribution in [3.63, 3.8) is 0 Å². The van der Waals surface area contributed by atoms with Crippen molar-refractivity contribution in [1.29, 1.82) is 0 Å². The molecule has 2 N–H and O–H groups in total. The molecule has 25 heavy (non-hydrogen) atoms. The molecule has 0 radical (unpaired) electrons. The number of fused-ring (bicyclic) bond motifs is 1. The standard InChI is InChI=1S/C18H25N3O3S/c22-18(21-9-7-14-11-19-12-15(14)8-10-21)13-1-5-17(6-2-13)25(23,24)20-16-3-4-16/h1-2,5-6,14-16,19-20H,3-4,7-12H2/t14-,15+. The molecule has 6 nitrogen and oxygen atoms in total. The normalized spacial score (nSPS) is 27.0. The quantitative estimate of drug-likeness (QED) is 0.843. The summed E-state index contributed by atoms with van der Waals surface area (Å²) in [5, 5.41) is 3.44. The van der Waals surface area contributed by atoms with Gasteiger partial charge in [0, 0.05) is 24.7 Å². The van der Waals surface area contributed by atoms with Crippen LogP contribution in [0.3, 0.4) is 0 Å². The van der Waals surface area contributed by atoms with Crippen molar-refractivity contribution in [1.82, 2.24) is 14.9 Å². The average molecular weight is 363 g/mol. The van der Waals surface area contributed by atoms with Crippen LogP contribution in [-0.2, 0) is 10.0 Å². The lowest BCUT2D eigenvalue weighted by Crippen LogP contribution is -2.32. The lowest BCUT2D eigenvalue weighted by atomic mass is 9.92. The second-order valence-electron chi connectivity index (χ2n) is 7.47. The second kappa shape index (κ2) is 6.70. The highest BCUT2D eigenvalue weighted by Crippen LogP contribution is 2.28. The van der Waals surface area contributed by atoms with Gasteiger partial charge in [0.15, 0.2) is 0 Å². The van der Waals surface area contributed by atoms with Crippen LogP contribution in [0, 0.1) is 11.8 Å². The van der Waals surface area contributed by atoms with Crippen molar-refractivity contribution in [3.05, 3.63) is 29.8 Å². The number of amides is 1. The van der Waals surface area contributed by atoms with Gasteiger partial charge in [-0.05, 0) is 74.9 Å². The Hall–Kier alpha value is -1.44. The lowest BCUT2D eigenvalue weighted by molar-refractivity contribution is 0.0758. The van der Waals surface area contributed by atoms with Crippen LogP contribution in [0.25, 0.3) is 0 Å². The maximum Gasteiger partial charge on any atom is 0.253 e. The zero-order valence-electron chi connectivity index (χ0n) is 14.3. The Morgan fingerprint density at radius 2 is 1.60 bits per heavy atom. The first-order valence-electron chi connectivity index (χ1n) is 9.15. The van der Waals surface area contributed by atoms with E-state index in [1.54, 1.807) is 12.1 Å². The molecule has 1 saturated carbocycles. The van der Waals surface area contributed by atoms with Gasteiger partial charge in [-0.2, -0.15) is 0 Å². The van der Waals surface area contributed by atoms with E-state index in [1.807, 2.05) is 4.90 Å². The number of sulfonamides is 1. The molecule has 2 atom stereocenters. The third kappa shape index (κ3) is 3.73. The predicted molar refractivity (Wildman–Crippen MR) is 94.8 cm³/mol. The molecule has 0 spiro atoms. The van der Waals surface area contributed by atoms with Crippen LogP contribution in [0.15, 0.2) is 29.2 Å². The molecule has 0 unspecified atom stereocenters. The molecule has 2 heterocycles. The molecule has 4 rings (SSSR count). The van der Waals surface area contributed by atoms with E-state index in [9.17, 15) is 13.2 Å². The maximum absolute atomic E-state index is 12.8. The summed E-state index contributed by atoms with van der Waals surface area (Å²) in [5.74, 6) is 1.37. The summed E-state index contributed by atoms with van der Waals surface area (Å²) in [6, 6.07) is 6.43. The molecule has 2 aliphatic heterocycles. The van der Waals surface area contributed by atoms with E-state index in [2.05, 4.69) is 10.0 Å². The van der Waals surface area contributed by atoms with Gasteiger partial charge in [0.05, 0.1) is 4.90 Å². The highest BCUT2D eigenvalue weighted by molar-refractivity contribution is 7.89. The van der Waals surface area contributed by atoms with E-state index >= 15 is 0 Å². The molecule has 3 aliphatic rings. The zero-order chi connectivity index (χ0) is 17.4. The topological polar surface area (TPSA) is 78.5 Å². The first-order chi connectivity index (χ1) is 12.0. The zero-order valence-corrected chi connectivity index (χ0v) is 15.1. The molecule has 7 heteroatoms. The number of benzene rings is 1. The summed E-state index contributed by atoms with van der Waals surface area (Å²) < 4.78 is 27.1. The van der Waals surface area contributed by atoms with Gasteiger partial charge in [0.2, 0.25) is 10.0 Å². The largest absolute Gasteiger partial charge is 0.339 e. The molecule has 1 amide bonds. The molecule has 2 saturated heterocycles. The van der Waals surface area contributed by atoms with Crippen molar-refractivity contribution < 1.29 is 13.2 Å². The SMILES string of the molecule is O=C(c1ccc(S(=O)(=O)NC2CC2)cc1)N1CC[C@@H]2CNC[C@@H]2CC1. The monoisotopic (exact) mass is 363 g/mol. The molecule has 3 fully saturated rings. The minimum atomic E-state index is -3.46. The van der Waals surface area contributed by atoms with Gasteiger partial charge in [0.1, 0.15) is 0 Å². The van der Waals surface area contributed by atoms with E-state index in [0.717, 1.165) is 51.9 Å². The van der Waals surface area contributed by atoms with Crippen LogP contribution in [-0.4, -0.2) is 51.4 Å². The Balaban J connectivity index is 1.43. The third-order valence-electron chi connectivity index (χ3n) is 5.62. The summed E-state index contributed by atoms with van der Waals surface area (Å²) in [7, 11) is -3.46. The van der Waals surface area contributed by atoms with Crippen LogP contribution in [0.1, 0.15) is 36.0 Å². The molecule has 0 aromatic heterocycles. The Morgan fingerprint density at radius 1 is 1.00 bits per heavy atom. The van der Waals surface area contributed by atoms with E-state index < -0.39 is 10.0 Å². The summed E-state index contributed by atoms with van der Waals surface area (Å²) in [6.07, 6.45) is 3.90. The number of hydrogen-bond acceptors (Lipinski definition) is 4. The average Bonchev–Trinajstić information content (AvgIpc) is 3.34. The molecular weight excluding hydrogens is 338 g/mol. The van der Waals surface area contributed by atoms with Gasteiger partial charge in [-0.15, -0.1) is 0 Å². The number of rotatable bonds is 4. The van der Waals surface area contributed by atoms with Crippen LogP contribution in [0.2, 0.25) is 0 Å². The number of carbonyl (C=O) groups excluding carboxylic acids is 1. The Morgan fingerprint density at radius 3 is 2.16 bits per heavy atom. The Kier molecular flexibility index (Phi) is 4.56. The molecule has 1 aromatic carbocycles. The van der Waals surface area contributed by atoms with E-state index in [1.165, 1.54) is 12.1 Å². The summed E-state index contributed by atoms with van der Waals surface area (Å²) in [6.45, 7) is 3.69. The van der Waals surface area contributed by atoms with E-state index in [4.69, 9.17) is 0 Å². The number of likely N-dealkylation sites (tertiary alicyclic amines) is 1. The Bertz CT molecular complexity index is 729. The minimum Gasteiger partial charge on any atom is -0.339 e. The fourth-order valence-electron chi connectivity index (χ4n) is 3.87. The first kappa shape index (κ1) is 17.0. The summed E-state index contributed by atoms with van der Waals surface area (Å²) in [4.78, 5) is 14.9. The van der Waals surface area contributed by atoms with Crippen molar-refractivity contribution in [2.45, 2.75) is 36.6 Å². The fraction of sp³-hybridized carbons (Fsp3) is 0.611. The van der Waals surface area contributed by atoms with Crippen LogP contribution >= 0.6 is 0 Å².